The van der Waals surface area contributed by atoms with Gasteiger partial charge in [0, 0.05) is 34.3 Å². The molecule has 3 radical (unpaired) electrons. The van der Waals surface area contributed by atoms with Crippen LogP contribution in [0.5, 0.6) is 0 Å². The number of carbonyl (C=O) groups is 5. The van der Waals surface area contributed by atoms with Crippen LogP contribution < -0.4 is 40.6 Å². The van der Waals surface area contributed by atoms with E-state index in [1.165, 1.54) is 0 Å². The van der Waals surface area contributed by atoms with Crippen LogP contribution in [0.4, 0.5) is 0 Å². The number of hydrogen-bond donors (Lipinski definition) is 5. The summed E-state index contributed by atoms with van der Waals surface area (Å²) < 4.78 is 0. The molecule has 0 rings (SSSR count). The summed E-state index contributed by atoms with van der Waals surface area (Å²) in [5.41, 5.74) is 4.99. The van der Waals surface area contributed by atoms with E-state index in [4.69, 9.17) is 21.1 Å². The first kappa shape index (κ1) is 43.8. The van der Waals surface area contributed by atoms with Crippen molar-refractivity contribution in [3.05, 3.63) is 0 Å². The smallest absolute Gasteiger partial charge is 1.00 e. The Morgan fingerprint density at radius 1 is 0.771 bits per heavy atom. The van der Waals surface area contributed by atoms with Crippen molar-refractivity contribution >= 4 is 38.9 Å². The van der Waals surface area contributed by atoms with Crippen LogP contribution in [-0.4, -0.2) is 73.8 Å². The molecule has 0 amide bonds. The molecule has 199 valence electrons. The van der Waals surface area contributed by atoms with Gasteiger partial charge in [0.15, 0.2) is 0 Å². The Morgan fingerprint density at radius 3 is 1.57 bits per heavy atom. The van der Waals surface area contributed by atoms with Gasteiger partial charge in [-0.25, -0.2) is 0 Å². The van der Waals surface area contributed by atoms with Gasteiger partial charge >= 0.3 is 47.5 Å². The van der Waals surface area contributed by atoms with Crippen molar-refractivity contribution in [1.82, 2.24) is 5.32 Å². The minimum Gasteiger partial charge on any atom is -1.00 e. The number of carboxylic acids is 3. The molecule has 10 nitrogen and oxygen atoms in total. The normalized spacial score (nSPS) is 11.9. The van der Waals surface area contributed by atoms with Gasteiger partial charge in [-0.15, -0.1) is 0 Å². The third-order valence-electron chi connectivity index (χ3n) is 4.70. The van der Waals surface area contributed by atoms with Gasteiger partial charge in [-0.1, -0.05) is 46.5 Å². The standard InChI is InChI=1S/C14H27NO4.C5H8O2.C4H9NO2.B.Na.H/c1-11(13(16)17)8-6-4-3-5-7-9-15-10-12(2)14(18)19;6-4-2-1-3-5-7;1-3(2-5)4(6)7;;;/h11-12,15H,3-10H2,1-2H3,(H,16,17)(H,18,19);4-5H,1-3H2;3H,2,5H2,1H3,(H,6,7);;;/q;;;;+1;-1. The Balaban J connectivity index is -0.000000110. The van der Waals surface area contributed by atoms with Crippen molar-refractivity contribution in [2.24, 2.45) is 23.5 Å². The average Bonchev–Trinajstić information content (AvgIpc) is 2.77. The van der Waals surface area contributed by atoms with Crippen LogP contribution in [0.1, 0.15) is 80.0 Å². The van der Waals surface area contributed by atoms with E-state index in [9.17, 15) is 24.0 Å². The zero-order valence-electron chi connectivity index (χ0n) is 22.9. The van der Waals surface area contributed by atoms with Gasteiger partial charge in [-0.3, -0.25) is 14.4 Å². The van der Waals surface area contributed by atoms with Crippen LogP contribution in [0.2, 0.25) is 0 Å². The molecule has 0 saturated carbocycles. The third-order valence-corrected chi connectivity index (χ3v) is 4.70. The molecule has 6 N–H and O–H groups in total. The second-order valence-electron chi connectivity index (χ2n) is 7.98. The van der Waals surface area contributed by atoms with Crippen LogP contribution in [-0.2, 0) is 24.0 Å². The molecule has 0 fully saturated rings. The van der Waals surface area contributed by atoms with E-state index in [2.05, 4.69) is 5.32 Å². The molecule has 0 aromatic rings. The number of carbonyl (C=O) groups excluding carboxylic acids is 2. The fraction of sp³-hybridized carbons (Fsp3) is 0.783. The summed E-state index contributed by atoms with van der Waals surface area (Å²) >= 11 is 0. The largest absolute Gasteiger partial charge is 1.00 e. The molecule has 0 aliphatic rings. The van der Waals surface area contributed by atoms with Crippen LogP contribution in [0.3, 0.4) is 0 Å². The first-order chi connectivity index (χ1) is 15.5. The molecule has 0 bridgehead atoms. The number of aldehydes is 2. The van der Waals surface area contributed by atoms with Crippen molar-refractivity contribution < 1.29 is 70.3 Å². The number of carboxylic acid groups (broad SMARTS) is 3. The number of nitrogens with two attached hydrogens (primary N) is 1. The molecule has 0 saturated heterocycles. The van der Waals surface area contributed by atoms with E-state index >= 15 is 0 Å². The minimum absolute atomic E-state index is 0. The van der Waals surface area contributed by atoms with Gasteiger partial charge in [0.05, 0.1) is 17.8 Å². The number of nitrogens with one attached hydrogen (secondary N) is 1. The fourth-order valence-corrected chi connectivity index (χ4v) is 2.15. The van der Waals surface area contributed by atoms with E-state index in [1.54, 1.807) is 20.8 Å². The van der Waals surface area contributed by atoms with Gasteiger partial charge in [0.2, 0.25) is 0 Å². The van der Waals surface area contributed by atoms with E-state index in [-0.39, 0.29) is 57.8 Å². The first-order valence-electron chi connectivity index (χ1n) is 11.5. The third kappa shape index (κ3) is 37.5. The first-order valence-corrected chi connectivity index (χ1v) is 11.5. The summed E-state index contributed by atoms with van der Waals surface area (Å²) in [5, 5.41) is 28.6. The van der Waals surface area contributed by atoms with E-state index in [0.717, 1.165) is 57.6 Å². The Bertz CT molecular complexity index is 514. The Labute approximate surface area is 235 Å². The Kier molecular flexibility index (Phi) is 40.9. The predicted octanol–water partition coefficient (Wildman–Crippen LogP) is -0.686. The van der Waals surface area contributed by atoms with Gasteiger partial charge in [-0.2, -0.15) is 0 Å². The van der Waals surface area contributed by atoms with E-state index in [0.29, 0.717) is 25.8 Å². The summed E-state index contributed by atoms with van der Waals surface area (Å²) in [7, 11) is 0. The number of aliphatic carboxylic acids is 3. The molecule has 0 spiro atoms. The van der Waals surface area contributed by atoms with Gasteiger partial charge in [0.25, 0.3) is 0 Å². The molecule has 12 heteroatoms. The summed E-state index contributed by atoms with van der Waals surface area (Å²) in [4.78, 5) is 50.1. The summed E-state index contributed by atoms with van der Waals surface area (Å²) in [6.45, 7) is 6.60. The van der Waals surface area contributed by atoms with Gasteiger partial charge in [0.1, 0.15) is 12.6 Å². The monoisotopic (exact) mass is 511 g/mol. The number of hydrogen-bond acceptors (Lipinski definition) is 7. The fourth-order valence-electron chi connectivity index (χ4n) is 2.15. The summed E-state index contributed by atoms with van der Waals surface area (Å²) in [5.74, 6) is -3.28. The van der Waals surface area contributed by atoms with Crippen molar-refractivity contribution in [1.29, 1.82) is 0 Å². The van der Waals surface area contributed by atoms with Crippen molar-refractivity contribution in [2.75, 3.05) is 19.6 Å². The van der Waals surface area contributed by atoms with Crippen LogP contribution >= 0.6 is 0 Å². The zero-order chi connectivity index (χ0) is 26.1. The molecule has 35 heavy (non-hydrogen) atoms. The van der Waals surface area contributed by atoms with Crippen LogP contribution in [0.25, 0.3) is 0 Å². The van der Waals surface area contributed by atoms with Crippen molar-refractivity contribution in [3.8, 4) is 0 Å². The van der Waals surface area contributed by atoms with E-state index < -0.39 is 23.8 Å². The zero-order valence-corrected chi connectivity index (χ0v) is 23.9. The quantitative estimate of drug-likeness (QED) is 0.0897. The average molecular weight is 511 g/mol. The SMILES string of the molecule is CC(CCCCCCCNCC(C)C(=O)O)C(=O)O.CC(CN)C(=O)O.O=CCCCC=O.[B].[H-].[Na+]. The van der Waals surface area contributed by atoms with Crippen LogP contribution in [0.15, 0.2) is 0 Å². The molecule has 0 aliphatic carbocycles. The van der Waals surface area contributed by atoms with Crippen molar-refractivity contribution in [3.63, 3.8) is 0 Å². The number of rotatable bonds is 18. The van der Waals surface area contributed by atoms with E-state index in [1.807, 2.05) is 0 Å². The summed E-state index contributed by atoms with van der Waals surface area (Å²) in [6, 6.07) is 0. The van der Waals surface area contributed by atoms with Crippen molar-refractivity contribution in [2.45, 2.75) is 78.6 Å². The molecule has 0 heterocycles. The topological polar surface area (TPSA) is 184 Å². The Hall–Kier alpha value is -1.27. The van der Waals surface area contributed by atoms with Gasteiger partial charge < -0.3 is 37.4 Å². The molecular weight excluding hydrogens is 466 g/mol. The second kappa shape index (κ2) is 32.7. The van der Waals surface area contributed by atoms with Crippen LogP contribution in [0, 0.1) is 17.8 Å². The minimum atomic E-state index is -0.831. The van der Waals surface area contributed by atoms with Gasteiger partial charge in [-0.05, 0) is 25.8 Å². The maximum absolute atomic E-state index is 10.6. The predicted molar refractivity (Wildman–Crippen MR) is 133 cm³/mol. The molecule has 3 atom stereocenters. The Morgan fingerprint density at radius 2 is 1.20 bits per heavy atom. The molecular formula is C23H45BN2NaO8. The molecule has 0 aliphatic heterocycles. The molecule has 0 aromatic heterocycles. The summed E-state index contributed by atoms with van der Waals surface area (Å²) in [6.07, 6.45) is 9.43. The number of unbranched alkanes of at least 4 members (excludes halogenated alkanes) is 6. The molecule has 0 aromatic carbocycles. The maximum Gasteiger partial charge on any atom is 1.00 e. The molecule has 3 unspecified atom stereocenters. The maximum atomic E-state index is 10.6. The second-order valence-corrected chi connectivity index (χ2v) is 7.98.